The van der Waals surface area contributed by atoms with Crippen molar-refractivity contribution in [2.24, 2.45) is 0 Å². The smallest absolute Gasteiger partial charge is 0.259 e. The van der Waals surface area contributed by atoms with Crippen molar-refractivity contribution in [1.82, 2.24) is 4.31 Å². The van der Waals surface area contributed by atoms with Crippen LogP contribution in [-0.2, 0) is 16.6 Å². The fourth-order valence-corrected chi connectivity index (χ4v) is 4.04. The highest BCUT2D eigenvalue weighted by Crippen LogP contribution is 2.23. The first-order valence-corrected chi connectivity index (χ1v) is 11.3. The lowest BCUT2D eigenvalue weighted by molar-refractivity contribution is 0.102. The Hall–Kier alpha value is -2.68. The van der Waals surface area contributed by atoms with E-state index in [0.717, 1.165) is 14.3 Å². The van der Waals surface area contributed by atoms with Gasteiger partial charge in [-0.3, -0.25) is 4.79 Å². The van der Waals surface area contributed by atoms with Crippen molar-refractivity contribution in [1.29, 1.82) is 0 Å². The first-order valence-electron chi connectivity index (χ1n) is 9.07. The Morgan fingerprint density at radius 2 is 1.70 bits per heavy atom. The van der Waals surface area contributed by atoms with Gasteiger partial charge in [-0.1, -0.05) is 40.2 Å². The van der Waals surface area contributed by atoms with Gasteiger partial charge in [0.2, 0.25) is 10.0 Å². The number of ether oxygens (including phenoxy) is 1. The molecule has 0 aromatic heterocycles. The molecule has 0 unspecified atom stereocenters. The molecule has 30 heavy (non-hydrogen) atoms. The number of amides is 1. The van der Waals surface area contributed by atoms with Gasteiger partial charge in [-0.25, -0.2) is 12.7 Å². The van der Waals surface area contributed by atoms with E-state index in [2.05, 4.69) is 21.2 Å². The molecular weight excluding hydrogens is 468 g/mol. The molecule has 3 aromatic carbocycles. The van der Waals surface area contributed by atoms with Crippen LogP contribution in [0, 0.1) is 0 Å². The van der Waals surface area contributed by atoms with E-state index >= 15 is 0 Å². The summed E-state index contributed by atoms with van der Waals surface area (Å²) in [7, 11) is -0.584. The largest absolute Gasteiger partial charge is 0.488 e. The zero-order valence-corrected chi connectivity index (χ0v) is 18.9. The number of carbonyl (C=O) groups is 1. The Morgan fingerprint density at radius 3 is 2.37 bits per heavy atom. The number of hydrogen-bond acceptors (Lipinski definition) is 4. The van der Waals surface area contributed by atoms with Gasteiger partial charge in [0, 0.05) is 24.3 Å². The second-order valence-corrected chi connectivity index (χ2v) is 9.75. The molecule has 0 spiro atoms. The lowest BCUT2D eigenvalue weighted by Gasteiger charge is -2.13. The quantitative estimate of drug-likeness (QED) is 0.529. The Balaban J connectivity index is 1.73. The summed E-state index contributed by atoms with van der Waals surface area (Å²) >= 11 is 3.43. The molecule has 0 radical (unpaired) electrons. The van der Waals surface area contributed by atoms with Gasteiger partial charge in [-0.05, 0) is 54.1 Å². The van der Waals surface area contributed by atoms with Gasteiger partial charge in [-0.15, -0.1) is 0 Å². The fraction of sp³-hybridized carbons (Fsp3) is 0.136. The molecule has 1 N–H and O–H groups in total. The van der Waals surface area contributed by atoms with Crippen LogP contribution < -0.4 is 10.1 Å². The zero-order chi connectivity index (χ0) is 21.7. The molecule has 0 fully saturated rings. The molecule has 0 saturated heterocycles. The monoisotopic (exact) mass is 488 g/mol. The highest BCUT2D eigenvalue weighted by atomic mass is 79.9. The third-order valence-electron chi connectivity index (χ3n) is 4.31. The second kappa shape index (κ2) is 9.42. The van der Waals surface area contributed by atoms with Crippen LogP contribution in [-0.4, -0.2) is 32.7 Å². The minimum absolute atomic E-state index is 0.156. The molecule has 0 aliphatic carbocycles. The minimum Gasteiger partial charge on any atom is -0.488 e. The number of rotatable bonds is 7. The van der Waals surface area contributed by atoms with E-state index in [1.165, 1.54) is 26.2 Å². The number of hydrogen-bond donors (Lipinski definition) is 1. The second-order valence-electron chi connectivity index (χ2n) is 6.68. The summed E-state index contributed by atoms with van der Waals surface area (Å²) < 4.78 is 32.3. The molecule has 0 heterocycles. The molecule has 8 heteroatoms. The van der Waals surface area contributed by atoms with Gasteiger partial charge in [0.1, 0.15) is 12.4 Å². The standard InChI is InChI=1S/C22H21BrN2O4S/c1-25(2)30(27,28)19-12-10-18(11-13-19)24-22(26)20-8-3-4-9-21(20)29-15-16-6-5-7-17(23)14-16/h3-14H,15H2,1-2H3,(H,24,26). The number of nitrogens with zero attached hydrogens (tertiary/aromatic N) is 1. The van der Waals surface area contributed by atoms with Crippen LogP contribution in [0.15, 0.2) is 82.2 Å². The predicted octanol–water partition coefficient (Wildman–Crippen LogP) is 4.53. The van der Waals surface area contributed by atoms with Crippen LogP contribution in [0.4, 0.5) is 5.69 Å². The number of nitrogens with one attached hydrogen (secondary N) is 1. The molecule has 0 aliphatic heterocycles. The summed E-state index contributed by atoms with van der Waals surface area (Å²) in [5, 5.41) is 2.78. The Kier molecular flexibility index (Phi) is 6.91. The molecule has 6 nitrogen and oxygen atoms in total. The number of sulfonamides is 1. The first-order chi connectivity index (χ1) is 14.3. The molecule has 3 rings (SSSR count). The average Bonchev–Trinajstić information content (AvgIpc) is 2.73. The van der Waals surface area contributed by atoms with Gasteiger partial charge in [0.25, 0.3) is 5.91 Å². The topological polar surface area (TPSA) is 75.7 Å². The van der Waals surface area contributed by atoms with Gasteiger partial charge in [-0.2, -0.15) is 0 Å². The van der Waals surface area contributed by atoms with E-state index < -0.39 is 10.0 Å². The maximum atomic E-state index is 12.8. The maximum absolute atomic E-state index is 12.8. The molecular formula is C22H21BrN2O4S. The molecule has 0 aliphatic rings. The van der Waals surface area contributed by atoms with Crippen molar-refractivity contribution < 1.29 is 17.9 Å². The van der Waals surface area contributed by atoms with E-state index in [1.807, 2.05) is 24.3 Å². The Morgan fingerprint density at radius 1 is 1.00 bits per heavy atom. The SMILES string of the molecule is CN(C)S(=O)(=O)c1ccc(NC(=O)c2ccccc2OCc2cccc(Br)c2)cc1. The normalized spacial score (nSPS) is 11.3. The van der Waals surface area contributed by atoms with Gasteiger partial charge < -0.3 is 10.1 Å². The van der Waals surface area contributed by atoms with Crippen molar-refractivity contribution >= 4 is 37.5 Å². The third kappa shape index (κ3) is 5.27. The first kappa shape index (κ1) is 22.0. The van der Waals surface area contributed by atoms with Gasteiger partial charge in [0.15, 0.2) is 0 Å². The number of halogens is 1. The minimum atomic E-state index is -3.52. The predicted molar refractivity (Wildman–Crippen MR) is 120 cm³/mol. The van der Waals surface area contributed by atoms with Crippen molar-refractivity contribution in [3.63, 3.8) is 0 Å². The molecule has 0 atom stereocenters. The van der Waals surface area contributed by atoms with Crippen LogP contribution >= 0.6 is 15.9 Å². The van der Waals surface area contributed by atoms with Crippen molar-refractivity contribution in [2.75, 3.05) is 19.4 Å². The van der Waals surface area contributed by atoms with E-state index in [1.54, 1.807) is 36.4 Å². The summed E-state index contributed by atoms with van der Waals surface area (Å²) in [6, 6.07) is 20.7. The summed E-state index contributed by atoms with van der Waals surface area (Å²) in [5.41, 5.74) is 1.84. The highest BCUT2D eigenvalue weighted by Gasteiger charge is 2.17. The number of para-hydroxylation sites is 1. The van der Waals surface area contributed by atoms with E-state index in [-0.39, 0.29) is 10.8 Å². The fourth-order valence-electron chi connectivity index (χ4n) is 2.69. The highest BCUT2D eigenvalue weighted by molar-refractivity contribution is 9.10. The van der Waals surface area contributed by atoms with Crippen molar-refractivity contribution in [3.8, 4) is 5.75 Å². The number of anilines is 1. The summed E-state index contributed by atoms with van der Waals surface area (Å²) in [5.74, 6) is 0.116. The number of carbonyl (C=O) groups excluding carboxylic acids is 1. The molecule has 0 saturated carbocycles. The van der Waals surface area contributed by atoms with Crippen molar-refractivity contribution in [3.05, 3.63) is 88.4 Å². The Bertz CT molecular complexity index is 1150. The lowest BCUT2D eigenvalue weighted by Crippen LogP contribution is -2.22. The maximum Gasteiger partial charge on any atom is 0.259 e. The van der Waals surface area contributed by atoms with Crippen LogP contribution in [0.25, 0.3) is 0 Å². The molecule has 156 valence electrons. The number of benzene rings is 3. The summed E-state index contributed by atoms with van der Waals surface area (Å²) in [4.78, 5) is 12.9. The lowest BCUT2D eigenvalue weighted by atomic mass is 10.1. The van der Waals surface area contributed by atoms with E-state index in [0.29, 0.717) is 23.6 Å². The zero-order valence-electron chi connectivity index (χ0n) is 16.5. The van der Waals surface area contributed by atoms with E-state index in [9.17, 15) is 13.2 Å². The average molecular weight is 489 g/mol. The Labute approximate surface area is 184 Å². The van der Waals surface area contributed by atoms with Gasteiger partial charge >= 0.3 is 0 Å². The molecule has 1 amide bonds. The van der Waals surface area contributed by atoms with Crippen LogP contribution in [0.5, 0.6) is 5.75 Å². The van der Waals surface area contributed by atoms with Crippen molar-refractivity contribution in [2.45, 2.75) is 11.5 Å². The van der Waals surface area contributed by atoms with Crippen LogP contribution in [0.3, 0.4) is 0 Å². The third-order valence-corrected chi connectivity index (χ3v) is 6.63. The summed E-state index contributed by atoms with van der Waals surface area (Å²) in [6.07, 6.45) is 0. The molecule has 3 aromatic rings. The van der Waals surface area contributed by atoms with Crippen LogP contribution in [0.2, 0.25) is 0 Å². The molecule has 0 bridgehead atoms. The van der Waals surface area contributed by atoms with Gasteiger partial charge in [0.05, 0.1) is 10.5 Å². The summed E-state index contributed by atoms with van der Waals surface area (Å²) in [6.45, 7) is 0.320. The van der Waals surface area contributed by atoms with Crippen LogP contribution in [0.1, 0.15) is 15.9 Å². The van der Waals surface area contributed by atoms with E-state index in [4.69, 9.17) is 4.74 Å².